The van der Waals surface area contributed by atoms with Gasteiger partial charge in [-0.3, -0.25) is 0 Å². The summed E-state index contributed by atoms with van der Waals surface area (Å²) in [4.78, 5) is 0. The first-order valence-corrected chi connectivity index (χ1v) is 5.64. The van der Waals surface area contributed by atoms with Crippen molar-refractivity contribution in [1.82, 2.24) is 0 Å². The van der Waals surface area contributed by atoms with E-state index in [9.17, 15) is 10.2 Å². The molecule has 2 atom stereocenters. The number of aryl methyl sites for hydroxylation is 1. The van der Waals surface area contributed by atoms with Gasteiger partial charge in [0.15, 0.2) is 0 Å². The van der Waals surface area contributed by atoms with Gasteiger partial charge in [0, 0.05) is 0 Å². The van der Waals surface area contributed by atoms with Crippen LogP contribution in [0.15, 0.2) is 42.5 Å². The van der Waals surface area contributed by atoms with E-state index < -0.39 is 11.7 Å². The zero-order valence-electron chi connectivity index (χ0n) is 9.93. The average Bonchev–Trinajstić information content (AvgIpc) is 2.27. The Balaban J connectivity index is 2.50. The van der Waals surface area contributed by atoms with Gasteiger partial charge in [-0.2, -0.15) is 0 Å². The molecular weight excluding hydrogens is 200 g/mol. The summed E-state index contributed by atoms with van der Waals surface area (Å²) in [5.74, 6) is 0. The van der Waals surface area contributed by atoms with Crippen molar-refractivity contribution in [3.8, 4) is 0 Å². The lowest BCUT2D eigenvalue weighted by molar-refractivity contribution is -0.0298. The van der Waals surface area contributed by atoms with Gasteiger partial charge in [0.2, 0.25) is 0 Å². The Morgan fingerprint density at radius 2 is 1.94 bits per heavy atom. The second-order valence-electron chi connectivity index (χ2n) is 4.27. The molecule has 0 saturated carbocycles. The van der Waals surface area contributed by atoms with Crippen LogP contribution in [-0.4, -0.2) is 21.9 Å². The number of hydrogen-bond donors (Lipinski definition) is 2. The molecule has 0 aliphatic rings. The lowest BCUT2D eigenvalue weighted by Gasteiger charge is -2.25. The van der Waals surface area contributed by atoms with Crippen molar-refractivity contribution >= 4 is 0 Å². The minimum Gasteiger partial charge on any atom is -0.390 e. The molecule has 0 unspecified atom stereocenters. The van der Waals surface area contributed by atoms with E-state index in [2.05, 4.69) is 0 Å². The Morgan fingerprint density at radius 3 is 2.50 bits per heavy atom. The number of rotatable bonds is 5. The van der Waals surface area contributed by atoms with Gasteiger partial charge in [-0.25, -0.2) is 0 Å². The van der Waals surface area contributed by atoms with Crippen LogP contribution in [0.5, 0.6) is 0 Å². The van der Waals surface area contributed by atoms with Crippen LogP contribution < -0.4 is 0 Å². The summed E-state index contributed by atoms with van der Waals surface area (Å²) in [5, 5.41) is 19.8. The van der Waals surface area contributed by atoms with Crippen molar-refractivity contribution in [2.75, 3.05) is 0 Å². The first-order valence-electron chi connectivity index (χ1n) is 5.64. The van der Waals surface area contributed by atoms with Gasteiger partial charge in [0.1, 0.15) is 5.60 Å². The molecule has 1 aromatic rings. The topological polar surface area (TPSA) is 40.5 Å². The fraction of sp³-hybridized carbons (Fsp3) is 0.429. The molecule has 0 bridgehead atoms. The molecule has 0 fully saturated rings. The van der Waals surface area contributed by atoms with Crippen LogP contribution in [0.4, 0.5) is 0 Å². The molecule has 0 aromatic heterocycles. The predicted molar refractivity (Wildman–Crippen MR) is 66.2 cm³/mol. The normalized spacial score (nSPS) is 17.2. The summed E-state index contributed by atoms with van der Waals surface area (Å²) in [6.07, 6.45) is 3.98. The third-order valence-corrected chi connectivity index (χ3v) is 2.73. The fourth-order valence-corrected chi connectivity index (χ4v) is 1.69. The van der Waals surface area contributed by atoms with E-state index in [-0.39, 0.29) is 0 Å². The minimum atomic E-state index is -1.14. The largest absolute Gasteiger partial charge is 0.390 e. The SMILES string of the molecule is C/C=C/[C@@](C)(O)[C@@H](O)CCc1ccccc1. The molecule has 2 N–H and O–H groups in total. The lowest BCUT2D eigenvalue weighted by Crippen LogP contribution is -2.37. The van der Waals surface area contributed by atoms with Crippen LogP contribution in [0.2, 0.25) is 0 Å². The molecule has 0 amide bonds. The van der Waals surface area contributed by atoms with Crippen molar-refractivity contribution in [3.63, 3.8) is 0 Å². The van der Waals surface area contributed by atoms with Gasteiger partial charge in [-0.05, 0) is 32.3 Å². The zero-order chi connectivity index (χ0) is 12.0. The molecule has 1 aromatic carbocycles. The van der Waals surface area contributed by atoms with Crippen LogP contribution in [0.3, 0.4) is 0 Å². The maximum absolute atomic E-state index is 9.92. The molecule has 0 aliphatic carbocycles. The van der Waals surface area contributed by atoms with Crippen molar-refractivity contribution in [1.29, 1.82) is 0 Å². The fourth-order valence-electron chi connectivity index (χ4n) is 1.69. The number of benzene rings is 1. The molecule has 0 saturated heterocycles. The highest BCUT2D eigenvalue weighted by atomic mass is 16.3. The number of aliphatic hydroxyl groups is 2. The van der Waals surface area contributed by atoms with Crippen LogP contribution in [0.25, 0.3) is 0 Å². The van der Waals surface area contributed by atoms with E-state index >= 15 is 0 Å². The van der Waals surface area contributed by atoms with Crippen molar-refractivity contribution in [3.05, 3.63) is 48.0 Å². The number of aliphatic hydroxyl groups excluding tert-OH is 1. The van der Waals surface area contributed by atoms with E-state index in [0.29, 0.717) is 6.42 Å². The average molecular weight is 220 g/mol. The lowest BCUT2D eigenvalue weighted by atomic mass is 9.93. The van der Waals surface area contributed by atoms with E-state index in [4.69, 9.17) is 0 Å². The molecule has 0 radical (unpaired) electrons. The summed E-state index contributed by atoms with van der Waals surface area (Å²) in [5.41, 5.74) is 0.0432. The first kappa shape index (κ1) is 12.9. The van der Waals surface area contributed by atoms with Gasteiger partial charge in [-0.1, -0.05) is 42.5 Å². The summed E-state index contributed by atoms with van der Waals surface area (Å²) in [7, 11) is 0. The smallest absolute Gasteiger partial charge is 0.106 e. The standard InChI is InChI=1S/C14H20O2/c1-3-11-14(2,16)13(15)10-9-12-7-5-4-6-8-12/h3-8,11,13,15-16H,9-10H2,1-2H3/b11-3+/t13-,14+/m0/s1. The highest BCUT2D eigenvalue weighted by molar-refractivity contribution is 5.15. The van der Waals surface area contributed by atoms with Gasteiger partial charge >= 0.3 is 0 Å². The number of allylic oxidation sites excluding steroid dienone is 1. The summed E-state index contributed by atoms with van der Waals surface area (Å²) >= 11 is 0. The van der Waals surface area contributed by atoms with Crippen LogP contribution in [-0.2, 0) is 6.42 Å². The summed E-state index contributed by atoms with van der Waals surface area (Å²) in [6.45, 7) is 3.46. The van der Waals surface area contributed by atoms with Crippen molar-refractivity contribution < 1.29 is 10.2 Å². The van der Waals surface area contributed by atoms with E-state index in [1.54, 1.807) is 19.1 Å². The monoisotopic (exact) mass is 220 g/mol. The van der Waals surface area contributed by atoms with Gasteiger partial charge < -0.3 is 10.2 Å². The van der Waals surface area contributed by atoms with Gasteiger partial charge in [0.25, 0.3) is 0 Å². The second-order valence-corrected chi connectivity index (χ2v) is 4.27. The highest BCUT2D eigenvalue weighted by Crippen LogP contribution is 2.17. The Kier molecular flexibility index (Phi) is 4.71. The third-order valence-electron chi connectivity index (χ3n) is 2.73. The second kappa shape index (κ2) is 5.83. The molecule has 2 nitrogen and oxygen atoms in total. The molecule has 0 aliphatic heterocycles. The van der Waals surface area contributed by atoms with E-state index in [0.717, 1.165) is 6.42 Å². The quantitative estimate of drug-likeness (QED) is 0.748. The zero-order valence-corrected chi connectivity index (χ0v) is 9.93. The summed E-state index contributed by atoms with van der Waals surface area (Å²) in [6, 6.07) is 9.97. The Labute approximate surface area is 97.2 Å². The Bertz CT molecular complexity index is 328. The number of hydrogen-bond acceptors (Lipinski definition) is 2. The third kappa shape index (κ3) is 3.80. The molecule has 0 spiro atoms. The van der Waals surface area contributed by atoms with E-state index in [1.165, 1.54) is 5.56 Å². The van der Waals surface area contributed by atoms with Crippen molar-refractivity contribution in [2.24, 2.45) is 0 Å². The van der Waals surface area contributed by atoms with Crippen molar-refractivity contribution in [2.45, 2.75) is 38.4 Å². The molecule has 2 heteroatoms. The van der Waals surface area contributed by atoms with Gasteiger partial charge in [0.05, 0.1) is 6.10 Å². The maximum Gasteiger partial charge on any atom is 0.106 e. The van der Waals surface area contributed by atoms with E-state index in [1.807, 2.05) is 37.3 Å². The predicted octanol–water partition coefficient (Wildman–Crippen LogP) is 2.31. The molecule has 0 heterocycles. The first-order chi connectivity index (χ1) is 7.56. The maximum atomic E-state index is 9.92. The Hall–Kier alpha value is -1.12. The Morgan fingerprint density at radius 1 is 1.31 bits per heavy atom. The summed E-state index contributed by atoms with van der Waals surface area (Å²) < 4.78 is 0. The van der Waals surface area contributed by atoms with Crippen LogP contribution in [0.1, 0.15) is 25.8 Å². The molecule has 88 valence electrons. The highest BCUT2D eigenvalue weighted by Gasteiger charge is 2.26. The van der Waals surface area contributed by atoms with Crippen LogP contribution >= 0.6 is 0 Å². The van der Waals surface area contributed by atoms with Gasteiger partial charge in [-0.15, -0.1) is 0 Å². The molecular formula is C14H20O2. The van der Waals surface area contributed by atoms with Crippen LogP contribution in [0, 0.1) is 0 Å². The molecule has 16 heavy (non-hydrogen) atoms. The minimum absolute atomic E-state index is 0.557. The molecule has 1 rings (SSSR count).